The summed E-state index contributed by atoms with van der Waals surface area (Å²) in [4.78, 5) is 12.0. The summed E-state index contributed by atoms with van der Waals surface area (Å²) in [6.07, 6.45) is 2.65. The van der Waals surface area contributed by atoms with E-state index >= 15 is 0 Å². The lowest BCUT2D eigenvalue weighted by atomic mass is 9.80. The zero-order valence-electron chi connectivity index (χ0n) is 10.5. The van der Waals surface area contributed by atoms with Gasteiger partial charge < -0.3 is 24.1 Å². The molecule has 1 fully saturated rings. The van der Waals surface area contributed by atoms with E-state index in [2.05, 4.69) is 0 Å². The van der Waals surface area contributed by atoms with Gasteiger partial charge in [0.1, 0.15) is 12.5 Å². The molecule has 3 atom stereocenters. The number of aliphatic hydroxyl groups excluding tert-OH is 1. The maximum atomic E-state index is 12.0. The molecule has 0 aromatic carbocycles. The van der Waals surface area contributed by atoms with Crippen LogP contribution in [0.5, 0.6) is 0 Å². The van der Waals surface area contributed by atoms with Crippen molar-refractivity contribution in [2.24, 2.45) is 5.92 Å². The van der Waals surface area contributed by atoms with Gasteiger partial charge in [-0.05, 0) is 18.8 Å². The molecule has 2 heterocycles. The Morgan fingerprint density at radius 3 is 2.72 bits per heavy atom. The van der Waals surface area contributed by atoms with Crippen LogP contribution >= 0.6 is 0 Å². The van der Waals surface area contributed by atoms with Crippen LogP contribution in [0.3, 0.4) is 0 Å². The molecule has 102 valence electrons. The van der Waals surface area contributed by atoms with Gasteiger partial charge in [0.15, 0.2) is 11.9 Å². The van der Waals surface area contributed by atoms with Crippen LogP contribution < -0.4 is 0 Å². The summed E-state index contributed by atoms with van der Waals surface area (Å²) in [5.74, 6) is -0.589. The standard InChI is InChI=1S/C12H18O6/c1-8-3-4-9(13)18-12(8,11(14)15-2)7-10-16-5-6-17-10/h5-6,8-10,13H,3-4,7H2,1-2H3/t8-,9?,12+/m0/s1. The molecule has 1 N–H and O–H groups in total. The fourth-order valence-electron chi connectivity index (χ4n) is 2.41. The van der Waals surface area contributed by atoms with Crippen LogP contribution in [-0.2, 0) is 23.7 Å². The van der Waals surface area contributed by atoms with Gasteiger partial charge in [-0.25, -0.2) is 4.79 Å². The smallest absolute Gasteiger partial charge is 0.338 e. The molecule has 18 heavy (non-hydrogen) atoms. The lowest BCUT2D eigenvalue weighted by Gasteiger charge is -2.42. The van der Waals surface area contributed by atoms with Crippen molar-refractivity contribution in [3.8, 4) is 0 Å². The number of esters is 1. The molecule has 1 unspecified atom stereocenters. The average molecular weight is 258 g/mol. The average Bonchev–Trinajstić information content (AvgIpc) is 2.85. The monoisotopic (exact) mass is 258 g/mol. The second-order valence-corrected chi connectivity index (χ2v) is 4.61. The lowest BCUT2D eigenvalue weighted by Crippen LogP contribution is -2.55. The van der Waals surface area contributed by atoms with E-state index < -0.39 is 24.2 Å². The van der Waals surface area contributed by atoms with E-state index in [9.17, 15) is 9.90 Å². The van der Waals surface area contributed by atoms with Crippen LogP contribution in [-0.4, -0.2) is 36.4 Å². The summed E-state index contributed by atoms with van der Waals surface area (Å²) in [7, 11) is 1.30. The van der Waals surface area contributed by atoms with Crippen molar-refractivity contribution in [1.29, 1.82) is 0 Å². The zero-order valence-corrected chi connectivity index (χ0v) is 10.5. The predicted molar refractivity (Wildman–Crippen MR) is 60.0 cm³/mol. The van der Waals surface area contributed by atoms with Crippen LogP contribution in [0.2, 0.25) is 0 Å². The molecule has 6 heteroatoms. The van der Waals surface area contributed by atoms with E-state index in [1.54, 1.807) is 0 Å². The molecule has 0 aliphatic carbocycles. The Morgan fingerprint density at radius 1 is 1.44 bits per heavy atom. The summed E-state index contributed by atoms with van der Waals surface area (Å²) in [6.45, 7) is 1.89. The minimum Gasteiger partial charge on any atom is -0.467 e. The number of hydrogen-bond donors (Lipinski definition) is 1. The molecule has 0 aromatic heterocycles. The molecule has 2 aliphatic rings. The first-order valence-electron chi connectivity index (χ1n) is 5.98. The van der Waals surface area contributed by atoms with Crippen LogP contribution in [0.1, 0.15) is 26.2 Å². The van der Waals surface area contributed by atoms with E-state index in [-0.39, 0.29) is 12.3 Å². The van der Waals surface area contributed by atoms with Crippen molar-refractivity contribution in [3.05, 3.63) is 12.5 Å². The van der Waals surface area contributed by atoms with E-state index in [0.29, 0.717) is 12.8 Å². The molecule has 0 radical (unpaired) electrons. The number of hydrogen-bond acceptors (Lipinski definition) is 6. The Bertz CT molecular complexity index is 333. The Morgan fingerprint density at radius 2 is 2.11 bits per heavy atom. The predicted octanol–water partition coefficient (Wildman–Crippen LogP) is 0.897. The highest BCUT2D eigenvalue weighted by atomic mass is 16.7. The normalized spacial score (nSPS) is 35.9. The van der Waals surface area contributed by atoms with Crippen molar-refractivity contribution >= 4 is 5.97 Å². The third-order valence-corrected chi connectivity index (χ3v) is 3.51. The number of methoxy groups -OCH3 is 1. The zero-order chi connectivity index (χ0) is 13.2. The quantitative estimate of drug-likeness (QED) is 0.758. The van der Waals surface area contributed by atoms with Crippen LogP contribution in [0.15, 0.2) is 12.5 Å². The summed E-state index contributed by atoms with van der Waals surface area (Å²) >= 11 is 0. The Labute approximate surface area is 105 Å². The summed E-state index contributed by atoms with van der Waals surface area (Å²) in [5.41, 5.74) is -1.22. The topological polar surface area (TPSA) is 74.2 Å². The molecule has 0 spiro atoms. The second kappa shape index (κ2) is 5.16. The highest BCUT2D eigenvalue weighted by Crippen LogP contribution is 2.39. The van der Waals surface area contributed by atoms with Gasteiger partial charge in [-0.3, -0.25) is 0 Å². The Kier molecular flexibility index (Phi) is 3.77. The lowest BCUT2D eigenvalue weighted by molar-refractivity contribution is -0.255. The van der Waals surface area contributed by atoms with Crippen LogP contribution in [0.4, 0.5) is 0 Å². The largest absolute Gasteiger partial charge is 0.467 e. The number of carbonyl (C=O) groups excluding carboxylic acids is 1. The maximum Gasteiger partial charge on any atom is 0.338 e. The molecular weight excluding hydrogens is 240 g/mol. The van der Waals surface area contributed by atoms with E-state index in [1.165, 1.54) is 19.6 Å². The Balaban J connectivity index is 2.17. The van der Waals surface area contributed by atoms with Gasteiger partial charge in [0.2, 0.25) is 6.29 Å². The van der Waals surface area contributed by atoms with E-state index in [1.807, 2.05) is 6.92 Å². The molecule has 1 saturated heterocycles. The summed E-state index contributed by atoms with van der Waals surface area (Å²) < 4.78 is 20.7. The van der Waals surface area contributed by atoms with Gasteiger partial charge in [0.05, 0.1) is 13.5 Å². The minimum atomic E-state index is -1.22. The van der Waals surface area contributed by atoms with E-state index in [4.69, 9.17) is 18.9 Å². The molecule has 6 nitrogen and oxygen atoms in total. The van der Waals surface area contributed by atoms with Gasteiger partial charge in [0.25, 0.3) is 0 Å². The van der Waals surface area contributed by atoms with Crippen molar-refractivity contribution in [2.45, 2.75) is 44.4 Å². The van der Waals surface area contributed by atoms with Gasteiger partial charge in [-0.2, -0.15) is 0 Å². The number of rotatable bonds is 3. The Hall–Kier alpha value is -1.27. The van der Waals surface area contributed by atoms with Crippen molar-refractivity contribution in [3.63, 3.8) is 0 Å². The summed E-state index contributed by atoms with van der Waals surface area (Å²) in [6, 6.07) is 0. The number of ether oxygens (including phenoxy) is 4. The third kappa shape index (κ3) is 2.30. The summed E-state index contributed by atoms with van der Waals surface area (Å²) in [5, 5.41) is 9.65. The fraction of sp³-hybridized carbons (Fsp3) is 0.750. The minimum absolute atomic E-state index is 0.0823. The molecule has 0 aromatic rings. The van der Waals surface area contributed by atoms with Gasteiger partial charge in [0, 0.05) is 0 Å². The first kappa shape index (κ1) is 13.2. The molecule has 2 aliphatic heterocycles. The number of carbonyl (C=O) groups is 1. The van der Waals surface area contributed by atoms with Crippen molar-refractivity contribution in [2.75, 3.05) is 7.11 Å². The molecule has 0 bridgehead atoms. The molecular formula is C12H18O6. The van der Waals surface area contributed by atoms with Gasteiger partial charge in [-0.15, -0.1) is 0 Å². The SMILES string of the molecule is COC(=O)[C@]1(CC2OC=CO2)OC(O)CC[C@@H]1C. The van der Waals surface area contributed by atoms with Crippen LogP contribution in [0, 0.1) is 5.92 Å². The van der Waals surface area contributed by atoms with Crippen molar-refractivity contribution < 1.29 is 28.8 Å². The van der Waals surface area contributed by atoms with Gasteiger partial charge >= 0.3 is 5.97 Å². The highest BCUT2D eigenvalue weighted by molar-refractivity contribution is 5.80. The number of aliphatic hydroxyl groups is 1. The third-order valence-electron chi connectivity index (χ3n) is 3.51. The first-order chi connectivity index (χ1) is 8.58. The molecule has 0 amide bonds. The first-order valence-corrected chi connectivity index (χ1v) is 5.98. The fourth-order valence-corrected chi connectivity index (χ4v) is 2.41. The van der Waals surface area contributed by atoms with E-state index in [0.717, 1.165) is 0 Å². The second-order valence-electron chi connectivity index (χ2n) is 4.61. The molecule has 2 rings (SSSR count). The van der Waals surface area contributed by atoms with Gasteiger partial charge in [-0.1, -0.05) is 6.92 Å². The maximum absolute atomic E-state index is 12.0. The van der Waals surface area contributed by atoms with Crippen molar-refractivity contribution in [1.82, 2.24) is 0 Å². The highest BCUT2D eigenvalue weighted by Gasteiger charge is 2.52. The molecule has 0 saturated carbocycles. The van der Waals surface area contributed by atoms with Crippen LogP contribution in [0.25, 0.3) is 0 Å².